The minimum absolute atomic E-state index is 0.0507. The second-order valence-corrected chi connectivity index (χ2v) is 6.03. The number of hydrogen-bond donors (Lipinski definition) is 1. The zero-order valence-electron chi connectivity index (χ0n) is 11.8. The number of thiazole rings is 1. The molecule has 0 unspecified atom stereocenters. The predicted octanol–water partition coefficient (Wildman–Crippen LogP) is 3.61. The average molecular weight is 309 g/mol. The van der Waals surface area contributed by atoms with E-state index < -0.39 is 11.8 Å². The summed E-state index contributed by atoms with van der Waals surface area (Å²) in [6.07, 6.45) is -0.0507. The molecule has 6 heteroatoms. The number of benzene rings is 1. The normalized spacial score (nSPS) is 10.9. The number of hydrogen-bond acceptors (Lipinski definition) is 4. The van der Waals surface area contributed by atoms with Crippen LogP contribution in [-0.4, -0.2) is 16.1 Å². The van der Waals surface area contributed by atoms with Crippen LogP contribution in [0.15, 0.2) is 24.3 Å². The number of aliphatic carboxylic acids is 1. The first-order valence-corrected chi connectivity index (χ1v) is 7.36. The molecular formula is C15H16FNO3S. The molecule has 0 radical (unpaired) electrons. The highest BCUT2D eigenvalue weighted by Gasteiger charge is 2.17. The number of carboxylic acid groups (broad SMARTS) is 1. The van der Waals surface area contributed by atoms with Crippen molar-refractivity contribution in [1.29, 1.82) is 0 Å². The van der Waals surface area contributed by atoms with Crippen molar-refractivity contribution in [1.82, 2.24) is 4.98 Å². The van der Waals surface area contributed by atoms with Crippen molar-refractivity contribution < 1.29 is 19.0 Å². The van der Waals surface area contributed by atoms with Crippen LogP contribution in [0.25, 0.3) is 0 Å². The van der Waals surface area contributed by atoms with E-state index in [1.165, 1.54) is 17.4 Å². The third kappa shape index (κ3) is 4.01. The lowest BCUT2D eigenvalue weighted by Gasteiger charge is -2.04. The third-order valence-electron chi connectivity index (χ3n) is 2.82. The Hall–Kier alpha value is -1.95. The van der Waals surface area contributed by atoms with Crippen LogP contribution >= 0.6 is 11.3 Å². The van der Waals surface area contributed by atoms with E-state index in [1.54, 1.807) is 18.2 Å². The number of aromatic nitrogens is 1. The molecule has 1 N–H and O–H groups in total. The number of halogens is 1. The van der Waals surface area contributed by atoms with Crippen molar-refractivity contribution in [2.45, 2.75) is 32.8 Å². The molecule has 0 aliphatic carbocycles. The summed E-state index contributed by atoms with van der Waals surface area (Å²) in [6, 6.07) is 6.15. The number of carboxylic acids is 1. The fourth-order valence-electron chi connectivity index (χ4n) is 1.89. The van der Waals surface area contributed by atoms with Crippen molar-refractivity contribution >= 4 is 17.3 Å². The SMILES string of the molecule is CC(C)c1nc(COc2ccccc2F)sc1CC(=O)O. The largest absolute Gasteiger partial charge is 0.483 e. The lowest BCUT2D eigenvalue weighted by molar-refractivity contribution is -0.136. The Bertz CT molecular complexity index is 640. The maximum Gasteiger partial charge on any atom is 0.308 e. The predicted molar refractivity (Wildman–Crippen MR) is 78.3 cm³/mol. The van der Waals surface area contributed by atoms with Gasteiger partial charge < -0.3 is 9.84 Å². The van der Waals surface area contributed by atoms with Crippen molar-refractivity contribution in [3.8, 4) is 5.75 Å². The zero-order valence-corrected chi connectivity index (χ0v) is 12.6. The smallest absolute Gasteiger partial charge is 0.308 e. The Kier molecular flexibility index (Phi) is 4.90. The van der Waals surface area contributed by atoms with E-state index in [2.05, 4.69) is 4.98 Å². The molecule has 0 bridgehead atoms. The third-order valence-corrected chi connectivity index (χ3v) is 3.86. The van der Waals surface area contributed by atoms with Crippen LogP contribution in [0.4, 0.5) is 4.39 Å². The number of para-hydroxylation sites is 1. The zero-order chi connectivity index (χ0) is 15.4. The maximum absolute atomic E-state index is 13.5. The Labute approximate surface area is 126 Å². The monoisotopic (exact) mass is 309 g/mol. The van der Waals surface area contributed by atoms with E-state index in [0.717, 1.165) is 10.6 Å². The molecule has 0 aliphatic rings. The van der Waals surface area contributed by atoms with Gasteiger partial charge in [0.05, 0.1) is 12.1 Å². The fourth-order valence-corrected chi connectivity index (χ4v) is 3.02. The molecule has 4 nitrogen and oxygen atoms in total. The molecule has 1 aromatic heterocycles. The van der Waals surface area contributed by atoms with Crippen molar-refractivity contribution in [2.24, 2.45) is 0 Å². The van der Waals surface area contributed by atoms with Crippen LogP contribution < -0.4 is 4.74 Å². The molecule has 0 fully saturated rings. The molecule has 0 saturated heterocycles. The Balaban J connectivity index is 2.13. The van der Waals surface area contributed by atoms with Crippen LogP contribution in [0.3, 0.4) is 0 Å². The highest BCUT2D eigenvalue weighted by Crippen LogP contribution is 2.27. The van der Waals surface area contributed by atoms with Crippen LogP contribution in [0.5, 0.6) is 5.75 Å². The molecule has 21 heavy (non-hydrogen) atoms. The summed E-state index contributed by atoms with van der Waals surface area (Å²) in [4.78, 5) is 16.0. The van der Waals surface area contributed by atoms with Gasteiger partial charge in [0.2, 0.25) is 0 Å². The molecule has 112 valence electrons. The van der Waals surface area contributed by atoms with Gasteiger partial charge >= 0.3 is 5.97 Å². The lowest BCUT2D eigenvalue weighted by Crippen LogP contribution is -2.02. The summed E-state index contributed by atoms with van der Waals surface area (Å²) in [5, 5.41) is 9.58. The summed E-state index contributed by atoms with van der Waals surface area (Å²) in [7, 11) is 0. The van der Waals surface area contributed by atoms with Gasteiger partial charge in [-0.1, -0.05) is 26.0 Å². The van der Waals surface area contributed by atoms with Crippen LogP contribution in [0.1, 0.15) is 35.3 Å². The molecule has 2 aromatic rings. The van der Waals surface area contributed by atoms with Gasteiger partial charge in [0.1, 0.15) is 11.6 Å². The van der Waals surface area contributed by atoms with Gasteiger partial charge in [-0.05, 0) is 18.1 Å². The van der Waals surface area contributed by atoms with Crippen molar-refractivity contribution in [3.05, 3.63) is 45.7 Å². The van der Waals surface area contributed by atoms with Crippen LogP contribution in [0.2, 0.25) is 0 Å². The molecule has 0 aliphatic heterocycles. The quantitative estimate of drug-likeness (QED) is 0.885. The Morgan fingerprint density at radius 3 is 2.76 bits per heavy atom. The van der Waals surface area contributed by atoms with E-state index in [1.807, 2.05) is 13.8 Å². The van der Waals surface area contributed by atoms with Crippen LogP contribution in [-0.2, 0) is 17.8 Å². The summed E-state index contributed by atoms with van der Waals surface area (Å²) in [6.45, 7) is 4.05. The minimum Gasteiger partial charge on any atom is -0.483 e. The molecule has 1 aromatic carbocycles. The molecule has 0 spiro atoms. The standard InChI is InChI=1S/C15H16FNO3S/c1-9(2)15-12(7-14(18)19)21-13(17-15)8-20-11-6-4-3-5-10(11)16/h3-6,9H,7-8H2,1-2H3,(H,18,19). The second-order valence-electron chi connectivity index (χ2n) is 4.86. The molecule has 2 rings (SSSR count). The summed E-state index contributed by atoms with van der Waals surface area (Å²) < 4.78 is 18.9. The highest BCUT2D eigenvalue weighted by atomic mass is 32.1. The second kappa shape index (κ2) is 6.67. The lowest BCUT2D eigenvalue weighted by atomic mass is 10.1. The first-order valence-electron chi connectivity index (χ1n) is 6.55. The van der Waals surface area contributed by atoms with Crippen molar-refractivity contribution in [2.75, 3.05) is 0 Å². The van der Waals surface area contributed by atoms with Gasteiger partial charge in [0.15, 0.2) is 11.6 Å². The number of carbonyl (C=O) groups is 1. The Morgan fingerprint density at radius 1 is 1.43 bits per heavy atom. The summed E-state index contributed by atoms with van der Waals surface area (Å²) in [5.41, 5.74) is 0.773. The topological polar surface area (TPSA) is 59.4 Å². The first kappa shape index (κ1) is 15.4. The van der Waals surface area contributed by atoms with E-state index in [4.69, 9.17) is 9.84 Å². The van der Waals surface area contributed by atoms with Gasteiger partial charge in [-0.25, -0.2) is 9.37 Å². The van der Waals surface area contributed by atoms with Gasteiger partial charge in [0, 0.05) is 4.88 Å². The van der Waals surface area contributed by atoms with E-state index in [0.29, 0.717) is 5.01 Å². The molecule has 0 amide bonds. The number of rotatable bonds is 6. The van der Waals surface area contributed by atoms with Gasteiger partial charge in [0.25, 0.3) is 0 Å². The number of nitrogens with zero attached hydrogens (tertiary/aromatic N) is 1. The molecule has 0 saturated carbocycles. The van der Waals surface area contributed by atoms with E-state index >= 15 is 0 Å². The fraction of sp³-hybridized carbons (Fsp3) is 0.333. The Morgan fingerprint density at radius 2 is 2.14 bits per heavy atom. The molecular weight excluding hydrogens is 293 g/mol. The van der Waals surface area contributed by atoms with Crippen molar-refractivity contribution in [3.63, 3.8) is 0 Å². The van der Waals surface area contributed by atoms with E-state index in [-0.39, 0.29) is 24.7 Å². The molecule has 0 atom stereocenters. The highest BCUT2D eigenvalue weighted by molar-refractivity contribution is 7.11. The maximum atomic E-state index is 13.5. The molecule has 1 heterocycles. The minimum atomic E-state index is -0.887. The summed E-state index contributed by atoms with van der Waals surface area (Å²) in [5.74, 6) is -1.01. The summed E-state index contributed by atoms with van der Waals surface area (Å²) >= 11 is 1.30. The van der Waals surface area contributed by atoms with Crippen LogP contribution in [0, 0.1) is 5.82 Å². The van der Waals surface area contributed by atoms with Gasteiger partial charge in [-0.2, -0.15) is 0 Å². The van der Waals surface area contributed by atoms with E-state index in [9.17, 15) is 9.18 Å². The number of ether oxygens (including phenoxy) is 1. The average Bonchev–Trinajstić information content (AvgIpc) is 2.80. The first-order chi connectivity index (χ1) is 9.97. The van der Waals surface area contributed by atoms with Gasteiger partial charge in [-0.3, -0.25) is 4.79 Å². The van der Waals surface area contributed by atoms with Gasteiger partial charge in [-0.15, -0.1) is 11.3 Å².